The van der Waals surface area contributed by atoms with E-state index in [-0.39, 0.29) is 18.9 Å². The fourth-order valence-electron chi connectivity index (χ4n) is 3.54. The maximum atomic E-state index is 12.3. The number of aliphatic carboxylic acids is 1. The quantitative estimate of drug-likeness (QED) is 0.343. The van der Waals surface area contributed by atoms with Crippen LogP contribution in [0.1, 0.15) is 25.3 Å². The Morgan fingerprint density at radius 2 is 1.76 bits per heavy atom. The van der Waals surface area contributed by atoms with E-state index in [1.807, 2.05) is 31.2 Å². The van der Waals surface area contributed by atoms with Gasteiger partial charge in [-0.25, -0.2) is 0 Å². The molecule has 3 rings (SSSR count). The predicted octanol–water partition coefficient (Wildman–Crippen LogP) is 4.51. The van der Waals surface area contributed by atoms with Crippen molar-refractivity contribution in [2.75, 3.05) is 27.9 Å². The summed E-state index contributed by atoms with van der Waals surface area (Å²) in [6.07, 6.45) is 3.52. The van der Waals surface area contributed by atoms with E-state index in [4.69, 9.17) is 23.7 Å². The third-order valence-electron chi connectivity index (χ3n) is 5.23. The lowest BCUT2D eigenvalue weighted by Gasteiger charge is -2.11. The fourth-order valence-corrected chi connectivity index (χ4v) is 3.54. The van der Waals surface area contributed by atoms with Crippen molar-refractivity contribution in [3.8, 4) is 28.4 Å². The van der Waals surface area contributed by atoms with Crippen LogP contribution >= 0.6 is 0 Å². The molecule has 2 N–H and O–H groups in total. The van der Waals surface area contributed by atoms with Crippen molar-refractivity contribution in [2.24, 2.45) is 0 Å². The van der Waals surface area contributed by atoms with Gasteiger partial charge in [-0.1, -0.05) is 6.07 Å². The van der Waals surface area contributed by atoms with Crippen molar-refractivity contribution in [3.05, 3.63) is 48.2 Å². The number of furan rings is 1. The minimum atomic E-state index is -0.889. The third kappa shape index (κ3) is 5.46. The van der Waals surface area contributed by atoms with E-state index in [9.17, 15) is 9.59 Å². The smallest absolute Gasteiger partial charge is 0.303 e. The molecule has 8 nitrogen and oxygen atoms in total. The molecule has 33 heavy (non-hydrogen) atoms. The van der Waals surface area contributed by atoms with Crippen LogP contribution in [0.25, 0.3) is 27.7 Å². The van der Waals surface area contributed by atoms with E-state index in [1.165, 1.54) is 6.08 Å². The number of carboxylic acid groups (broad SMARTS) is 1. The molecule has 0 bridgehead atoms. The lowest BCUT2D eigenvalue weighted by atomic mass is 9.99. The molecule has 2 aromatic carbocycles. The van der Waals surface area contributed by atoms with E-state index in [2.05, 4.69) is 5.32 Å². The summed E-state index contributed by atoms with van der Waals surface area (Å²) >= 11 is 0. The molecule has 3 aromatic rings. The molecule has 0 aliphatic heterocycles. The van der Waals surface area contributed by atoms with Crippen molar-refractivity contribution in [3.63, 3.8) is 0 Å². The molecule has 0 aliphatic rings. The zero-order valence-corrected chi connectivity index (χ0v) is 19.1. The van der Waals surface area contributed by atoms with Crippen molar-refractivity contribution < 1.29 is 33.3 Å². The van der Waals surface area contributed by atoms with Gasteiger partial charge in [0.2, 0.25) is 5.91 Å². The highest BCUT2D eigenvalue weighted by Crippen LogP contribution is 2.39. The number of ether oxygens (including phenoxy) is 3. The normalized spacial score (nSPS) is 11.3. The summed E-state index contributed by atoms with van der Waals surface area (Å²) in [6.45, 7) is 2.10. The number of carbonyl (C=O) groups excluding carboxylic acids is 1. The number of fused-ring (bicyclic) bond motifs is 1. The second-order valence-electron chi connectivity index (χ2n) is 7.38. The van der Waals surface area contributed by atoms with E-state index < -0.39 is 5.97 Å². The lowest BCUT2D eigenvalue weighted by molar-refractivity contribution is -0.137. The number of rotatable bonds is 10. The molecule has 1 amide bonds. The van der Waals surface area contributed by atoms with Crippen LogP contribution in [0.3, 0.4) is 0 Å². The number of benzene rings is 2. The molecular formula is C25H27NO7. The molecule has 1 heterocycles. The van der Waals surface area contributed by atoms with Crippen LogP contribution in [0, 0.1) is 0 Å². The molecule has 0 aliphatic carbocycles. The minimum Gasteiger partial charge on any atom is -0.496 e. The highest BCUT2D eigenvalue weighted by Gasteiger charge is 2.16. The van der Waals surface area contributed by atoms with E-state index >= 15 is 0 Å². The number of allylic oxidation sites excluding steroid dienone is 1. The largest absolute Gasteiger partial charge is 0.496 e. The zero-order chi connectivity index (χ0) is 24.0. The molecule has 0 unspecified atom stereocenters. The SMILES string of the molecule is COc1ccc(-c2coc3cc(OC)c(/C(C)=C/C(=O)NCCCC(=O)O)cc23)cc1OC. The average Bonchev–Trinajstić information content (AvgIpc) is 3.23. The first kappa shape index (κ1) is 23.7. The van der Waals surface area contributed by atoms with Crippen LogP contribution in [-0.2, 0) is 9.59 Å². The van der Waals surface area contributed by atoms with Gasteiger partial charge < -0.3 is 29.1 Å². The van der Waals surface area contributed by atoms with Crippen molar-refractivity contribution >= 4 is 28.4 Å². The summed E-state index contributed by atoms with van der Waals surface area (Å²) in [6, 6.07) is 9.34. The van der Waals surface area contributed by atoms with Gasteiger partial charge in [0.15, 0.2) is 11.5 Å². The van der Waals surface area contributed by atoms with Crippen LogP contribution in [-0.4, -0.2) is 44.9 Å². The number of methoxy groups -OCH3 is 3. The second kappa shape index (κ2) is 10.6. The highest BCUT2D eigenvalue weighted by atomic mass is 16.5. The Bertz CT molecular complexity index is 1190. The predicted molar refractivity (Wildman–Crippen MR) is 125 cm³/mol. The Kier molecular flexibility index (Phi) is 7.61. The molecule has 8 heteroatoms. The number of nitrogens with one attached hydrogen (secondary N) is 1. The first-order chi connectivity index (χ1) is 15.9. The van der Waals surface area contributed by atoms with Crippen LogP contribution < -0.4 is 19.5 Å². The Morgan fingerprint density at radius 3 is 2.42 bits per heavy atom. The Hall–Kier alpha value is -3.94. The van der Waals surface area contributed by atoms with Gasteiger partial charge in [-0.3, -0.25) is 9.59 Å². The van der Waals surface area contributed by atoms with Crippen LogP contribution in [0.15, 0.2) is 47.1 Å². The summed E-state index contributed by atoms with van der Waals surface area (Å²) in [5.41, 5.74) is 3.84. The molecule has 174 valence electrons. The number of hydrogen-bond acceptors (Lipinski definition) is 6. The summed E-state index contributed by atoms with van der Waals surface area (Å²) in [5.74, 6) is 0.619. The van der Waals surface area contributed by atoms with Crippen molar-refractivity contribution in [2.45, 2.75) is 19.8 Å². The molecule has 0 atom stereocenters. The van der Waals surface area contributed by atoms with Gasteiger partial charge >= 0.3 is 5.97 Å². The van der Waals surface area contributed by atoms with Gasteiger partial charge in [-0.2, -0.15) is 0 Å². The molecular weight excluding hydrogens is 426 g/mol. The van der Waals surface area contributed by atoms with Crippen molar-refractivity contribution in [1.82, 2.24) is 5.32 Å². The lowest BCUT2D eigenvalue weighted by Crippen LogP contribution is -2.23. The monoisotopic (exact) mass is 453 g/mol. The van der Waals surface area contributed by atoms with Gasteiger partial charge in [-0.15, -0.1) is 0 Å². The summed E-state index contributed by atoms with van der Waals surface area (Å²) in [4.78, 5) is 22.9. The average molecular weight is 453 g/mol. The highest BCUT2D eigenvalue weighted by molar-refractivity contribution is 6.00. The first-order valence-corrected chi connectivity index (χ1v) is 10.4. The van der Waals surface area contributed by atoms with Gasteiger partial charge in [0, 0.05) is 41.6 Å². The number of amides is 1. The molecule has 0 spiro atoms. The topological polar surface area (TPSA) is 107 Å². The second-order valence-corrected chi connectivity index (χ2v) is 7.38. The summed E-state index contributed by atoms with van der Waals surface area (Å²) in [7, 11) is 4.72. The first-order valence-electron chi connectivity index (χ1n) is 10.4. The molecule has 0 saturated heterocycles. The van der Waals surface area contributed by atoms with Crippen molar-refractivity contribution in [1.29, 1.82) is 0 Å². The maximum Gasteiger partial charge on any atom is 0.303 e. The third-order valence-corrected chi connectivity index (χ3v) is 5.23. The summed E-state index contributed by atoms with van der Waals surface area (Å²) < 4.78 is 22.0. The van der Waals surface area contributed by atoms with Gasteiger partial charge in [-0.05, 0) is 42.7 Å². The van der Waals surface area contributed by atoms with Crippen LogP contribution in [0.2, 0.25) is 0 Å². The minimum absolute atomic E-state index is 0.00682. The number of hydrogen-bond donors (Lipinski definition) is 2. The van der Waals surface area contributed by atoms with E-state index in [0.717, 1.165) is 22.1 Å². The molecule has 0 radical (unpaired) electrons. The summed E-state index contributed by atoms with van der Waals surface area (Å²) in [5, 5.41) is 12.3. The van der Waals surface area contributed by atoms with Crippen LogP contribution in [0.4, 0.5) is 0 Å². The van der Waals surface area contributed by atoms with Crippen LogP contribution in [0.5, 0.6) is 17.2 Å². The Balaban J connectivity index is 1.94. The Morgan fingerprint density at radius 1 is 1.03 bits per heavy atom. The standard InChI is InChI=1S/C25H27NO7/c1-15(10-24(27)26-9-5-6-25(28)29)17-12-18-19(14-33-22(18)13-21(17)31-3)16-7-8-20(30-2)23(11-16)32-4/h7-8,10-14H,5-6,9H2,1-4H3,(H,26,27)(H,28,29)/b15-10+. The molecule has 1 aromatic heterocycles. The maximum absolute atomic E-state index is 12.3. The number of carbonyl (C=O) groups is 2. The van der Waals surface area contributed by atoms with Gasteiger partial charge in [0.05, 0.1) is 27.6 Å². The van der Waals surface area contributed by atoms with E-state index in [1.54, 1.807) is 33.7 Å². The number of carboxylic acids is 1. The zero-order valence-electron chi connectivity index (χ0n) is 19.1. The molecule has 0 fully saturated rings. The van der Waals surface area contributed by atoms with Gasteiger partial charge in [0.25, 0.3) is 0 Å². The van der Waals surface area contributed by atoms with Gasteiger partial charge in [0.1, 0.15) is 11.3 Å². The molecule has 0 saturated carbocycles. The van der Waals surface area contributed by atoms with E-state index in [0.29, 0.717) is 34.8 Å². The Labute approximate surface area is 191 Å². The fraction of sp³-hybridized carbons (Fsp3) is 0.280.